The molecule has 2 heterocycles. The average Bonchev–Trinajstić information content (AvgIpc) is 3.15. The second-order valence-corrected chi connectivity index (χ2v) is 7.67. The summed E-state index contributed by atoms with van der Waals surface area (Å²) in [7, 11) is -0.524. The molecule has 0 spiro atoms. The zero-order valence-corrected chi connectivity index (χ0v) is 11.5. The predicted octanol–water partition coefficient (Wildman–Crippen LogP) is 0.970. The van der Waals surface area contributed by atoms with Crippen LogP contribution < -0.4 is 5.32 Å². The Balaban J connectivity index is 1.61. The van der Waals surface area contributed by atoms with Crippen LogP contribution in [0.2, 0.25) is 0 Å². The summed E-state index contributed by atoms with van der Waals surface area (Å²) in [5.74, 6) is 2.80. The zero-order valence-electron chi connectivity index (χ0n) is 10.7. The molecule has 1 N–H and O–H groups in total. The molecule has 0 bridgehead atoms. The summed E-state index contributed by atoms with van der Waals surface area (Å²) in [4.78, 5) is 2.70. The van der Waals surface area contributed by atoms with Crippen LogP contribution in [0.15, 0.2) is 0 Å². The summed E-state index contributed by atoms with van der Waals surface area (Å²) in [5, 5.41) is 3.71. The van der Waals surface area contributed by atoms with E-state index in [9.17, 15) is 4.21 Å². The monoisotopic (exact) mass is 256 g/mol. The molecule has 1 saturated carbocycles. The summed E-state index contributed by atoms with van der Waals surface area (Å²) < 4.78 is 11.4. The van der Waals surface area contributed by atoms with Crippen molar-refractivity contribution in [2.75, 3.05) is 24.6 Å². The zero-order chi connectivity index (χ0) is 11.8. The minimum atomic E-state index is -0.524. The first-order chi connectivity index (χ1) is 8.24. The van der Waals surface area contributed by atoms with Crippen LogP contribution in [-0.4, -0.2) is 51.8 Å². The van der Waals surface area contributed by atoms with Crippen molar-refractivity contribution < 1.29 is 4.21 Å². The van der Waals surface area contributed by atoms with E-state index < -0.39 is 10.8 Å². The van der Waals surface area contributed by atoms with Crippen molar-refractivity contribution in [3.8, 4) is 0 Å². The highest BCUT2D eigenvalue weighted by atomic mass is 32.2. The maximum absolute atomic E-state index is 11.4. The van der Waals surface area contributed by atoms with Crippen molar-refractivity contribution in [1.29, 1.82) is 0 Å². The smallest absolute Gasteiger partial charge is 0.0249 e. The van der Waals surface area contributed by atoms with Gasteiger partial charge in [0.1, 0.15) is 0 Å². The number of nitrogens with zero attached hydrogens (tertiary/aromatic N) is 1. The van der Waals surface area contributed by atoms with Crippen molar-refractivity contribution in [2.45, 2.75) is 50.7 Å². The van der Waals surface area contributed by atoms with Gasteiger partial charge in [-0.1, -0.05) is 0 Å². The Labute approximate surface area is 107 Å². The Kier molecular flexibility index (Phi) is 3.55. The molecule has 2 atom stereocenters. The third kappa shape index (κ3) is 2.74. The molecule has 0 aromatic heterocycles. The lowest BCUT2D eigenvalue weighted by Crippen LogP contribution is -2.60. The molecule has 2 aliphatic heterocycles. The second kappa shape index (κ2) is 4.98. The minimum absolute atomic E-state index is 0.524. The molecule has 4 heteroatoms. The fourth-order valence-electron chi connectivity index (χ4n) is 3.35. The Morgan fingerprint density at radius 3 is 2.53 bits per heavy atom. The molecule has 3 aliphatic rings. The van der Waals surface area contributed by atoms with Crippen molar-refractivity contribution in [2.24, 2.45) is 5.92 Å². The first-order valence-electron chi connectivity index (χ1n) is 7.08. The lowest BCUT2D eigenvalue weighted by molar-refractivity contribution is 0.0797. The summed E-state index contributed by atoms with van der Waals surface area (Å²) in [6.45, 7) is 4.70. The normalized spacial score (nSPS) is 44.8. The van der Waals surface area contributed by atoms with Crippen molar-refractivity contribution in [3.05, 3.63) is 0 Å². The molecule has 1 aliphatic carbocycles. The van der Waals surface area contributed by atoms with Crippen LogP contribution in [0.5, 0.6) is 0 Å². The van der Waals surface area contributed by atoms with E-state index in [1.807, 2.05) is 0 Å². The van der Waals surface area contributed by atoms with Gasteiger partial charge in [0.2, 0.25) is 0 Å². The van der Waals surface area contributed by atoms with Crippen LogP contribution in [0, 0.1) is 5.92 Å². The highest BCUT2D eigenvalue weighted by molar-refractivity contribution is 7.85. The van der Waals surface area contributed by atoms with Gasteiger partial charge in [-0.05, 0) is 38.5 Å². The van der Waals surface area contributed by atoms with Gasteiger partial charge < -0.3 is 5.32 Å². The van der Waals surface area contributed by atoms with Crippen LogP contribution in [0.1, 0.15) is 32.6 Å². The van der Waals surface area contributed by atoms with Crippen LogP contribution in [0.4, 0.5) is 0 Å². The molecule has 0 amide bonds. The Hall–Kier alpha value is 0.0700. The van der Waals surface area contributed by atoms with Crippen molar-refractivity contribution >= 4 is 10.8 Å². The highest BCUT2D eigenvalue weighted by Gasteiger charge is 2.38. The maximum Gasteiger partial charge on any atom is 0.0249 e. The number of hydrogen-bond acceptors (Lipinski definition) is 3. The van der Waals surface area contributed by atoms with E-state index in [1.165, 1.54) is 19.4 Å². The van der Waals surface area contributed by atoms with E-state index >= 15 is 0 Å². The van der Waals surface area contributed by atoms with Gasteiger partial charge in [-0.2, -0.15) is 0 Å². The molecule has 17 heavy (non-hydrogen) atoms. The van der Waals surface area contributed by atoms with Gasteiger partial charge in [-0.3, -0.25) is 9.11 Å². The van der Waals surface area contributed by atoms with Crippen LogP contribution in [-0.2, 0) is 10.8 Å². The molecular weight excluding hydrogens is 232 g/mol. The second-order valence-electron chi connectivity index (χ2n) is 5.98. The summed E-state index contributed by atoms with van der Waals surface area (Å²) >= 11 is 0. The number of hydrogen-bond donors (Lipinski definition) is 1. The molecule has 3 nitrogen and oxygen atoms in total. The largest absolute Gasteiger partial charge is 0.311 e. The first kappa shape index (κ1) is 12.1. The first-order valence-corrected chi connectivity index (χ1v) is 8.57. The minimum Gasteiger partial charge on any atom is -0.311 e. The Bertz CT molecular complexity index is 296. The van der Waals surface area contributed by atoms with Gasteiger partial charge in [0.05, 0.1) is 0 Å². The van der Waals surface area contributed by atoms with E-state index in [0.29, 0.717) is 12.1 Å². The molecule has 0 radical (unpaired) electrons. The third-order valence-corrected chi connectivity index (χ3v) is 6.05. The van der Waals surface area contributed by atoms with E-state index in [1.54, 1.807) is 0 Å². The van der Waals surface area contributed by atoms with Crippen molar-refractivity contribution in [1.82, 2.24) is 10.2 Å². The van der Waals surface area contributed by atoms with Crippen LogP contribution in [0.25, 0.3) is 0 Å². The topological polar surface area (TPSA) is 32.3 Å². The maximum atomic E-state index is 11.4. The summed E-state index contributed by atoms with van der Waals surface area (Å²) in [6.07, 6.45) is 5.14. The molecule has 0 aromatic carbocycles. The van der Waals surface area contributed by atoms with Gasteiger partial charge in [-0.15, -0.1) is 0 Å². The van der Waals surface area contributed by atoms with Gasteiger partial charge >= 0.3 is 0 Å². The lowest BCUT2D eigenvalue weighted by atomic mass is 10.0. The van der Waals surface area contributed by atoms with Crippen LogP contribution >= 0.6 is 0 Å². The van der Waals surface area contributed by atoms with Gasteiger partial charge in [0, 0.05) is 53.5 Å². The lowest BCUT2D eigenvalue weighted by Gasteiger charge is -2.44. The quantitative estimate of drug-likeness (QED) is 0.799. The van der Waals surface area contributed by atoms with Gasteiger partial charge in [-0.25, -0.2) is 0 Å². The van der Waals surface area contributed by atoms with Crippen LogP contribution in [0.3, 0.4) is 0 Å². The van der Waals surface area contributed by atoms with Crippen molar-refractivity contribution in [3.63, 3.8) is 0 Å². The average molecular weight is 256 g/mol. The molecule has 2 saturated heterocycles. The molecule has 0 aromatic rings. The predicted molar refractivity (Wildman–Crippen MR) is 71.6 cm³/mol. The highest BCUT2D eigenvalue weighted by Crippen LogP contribution is 2.35. The standard InChI is InChI=1S/C13H24N2OS/c1-10-8-14-13(11-2-3-11)9-15(10)12-4-6-17(16)7-5-12/h10-14H,2-9H2,1H3. The fraction of sp³-hybridized carbons (Fsp3) is 1.00. The van der Waals surface area contributed by atoms with E-state index in [0.717, 1.165) is 42.9 Å². The fourth-order valence-corrected chi connectivity index (χ4v) is 4.62. The Morgan fingerprint density at radius 2 is 1.88 bits per heavy atom. The third-order valence-electron chi connectivity index (χ3n) is 4.67. The molecule has 98 valence electrons. The summed E-state index contributed by atoms with van der Waals surface area (Å²) in [6, 6.07) is 2.09. The molecule has 3 fully saturated rings. The SMILES string of the molecule is CC1CNC(C2CC2)CN1C1CCS(=O)CC1. The molecule has 2 unspecified atom stereocenters. The van der Waals surface area contributed by atoms with Gasteiger partial charge in [0.25, 0.3) is 0 Å². The van der Waals surface area contributed by atoms with E-state index in [2.05, 4.69) is 17.1 Å². The van der Waals surface area contributed by atoms with Gasteiger partial charge in [0.15, 0.2) is 0 Å². The van der Waals surface area contributed by atoms with E-state index in [4.69, 9.17) is 0 Å². The molecular formula is C13H24N2OS. The summed E-state index contributed by atoms with van der Waals surface area (Å²) in [5.41, 5.74) is 0. The Morgan fingerprint density at radius 1 is 1.18 bits per heavy atom. The number of piperazine rings is 1. The molecule has 3 rings (SSSR count). The number of nitrogens with one attached hydrogen (secondary N) is 1. The number of rotatable bonds is 2. The van der Waals surface area contributed by atoms with E-state index in [-0.39, 0.29) is 0 Å².